The van der Waals surface area contributed by atoms with Crippen LogP contribution >= 0.6 is 0 Å². The van der Waals surface area contributed by atoms with Gasteiger partial charge in [0.2, 0.25) is 11.8 Å². The average Bonchev–Trinajstić information content (AvgIpc) is 2.95. The highest BCUT2D eigenvalue weighted by Crippen LogP contribution is 2.26. The quantitative estimate of drug-likeness (QED) is 0.344. The van der Waals surface area contributed by atoms with Crippen molar-refractivity contribution in [3.05, 3.63) is 95.3 Å². The summed E-state index contributed by atoms with van der Waals surface area (Å²) in [6, 6.07) is 18.3. The van der Waals surface area contributed by atoms with Crippen molar-refractivity contribution in [3.63, 3.8) is 0 Å². The van der Waals surface area contributed by atoms with Gasteiger partial charge in [-0.2, -0.15) is 0 Å². The van der Waals surface area contributed by atoms with Crippen molar-refractivity contribution < 1.29 is 22.4 Å². The Morgan fingerprint density at radius 2 is 1.59 bits per heavy atom. The van der Waals surface area contributed by atoms with Crippen molar-refractivity contribution in [3.8, 4) is 0 Å². The van der Waals surface area contributed by atoms with Crippen LogP contribution in [0.1, 0.15) is 55.7 Å². The van der Waals surface area contributed by atoms with E-state index in [1.807, 2.05) is 19.9 Å². The number of carbonyl (C=O) groups is 2. The standard InChI is InChI=1S/C32H38FN3O4S/c1-23-12-18-30(19-13-23)41(39,40)36(29-11-7-8-24(2)20-29)22-31(37)35(21-26-14-16-27(33)17-15-26)25(3)32(38)34-28-9-5-4-6-10-28/h7-8,11-20,25,28H,4-6,9-10,21-22H2,1-3H3,(H,34,38). The van der Waals surface area contributed by atoms with E-state index in [0.717, 1.165) is 47.5 Å². The molecule has 0 heterocycles. The number of hydrogen-bond acceptors (Lipinski definition) is 4. The summed E-state index contributed by atoms with van der Waals surface area (Å²) in [6.45, 7) is 4.86. The maximum absolute atomic E-state index is 14.0. The smallest absolute Gasteiger partial charge is 0.264 e. The zero-order valence-corrected chi connectivity index (χ0v) is 24.7. The summed E-state index contributed by atoms with van der Waals surface area (Å²) >= 11 is 0. The molecule has 1 unspecified atom stereocenters. The van der Waals surface area contributed by atoms with Crippen molar-refractivity contribution in [2.45, 2.75) is 76.4 Å². The predicted octanol–water partition coefficient (Wildman–Crippen LogP) is 5.50. The molecule has 1 aliphatic rings. The normalized spacial score (nSPS) is 14.7. The molecule has 1 N–H and O–H groups in total. The van der Waals surface area contributed by atoms with Crippen LogP contribution in [0.3, 0.4) is 0 Å². The van der Waals surface area contributed by atoms with Gasteiger partial charge in [0, 0.05) is 12.6 Å². The van der Waals surface area contributed by atoms with Crippen molar-refractivity contribution in [1.82, 2.24) is 10.2 Å². The summed E-state index contributed by atoms with van der Waals surface area (Å²) in [5.74, 6) is -1.25. The number of anilines is 1. The molecule has 2 amide bonds. The monoisotopic (exact) mass is 579 g/mol. The second kappa shape index (κ2) is 13.3. The Balaban J connectivity index is 1.67. The minimum atomic E-state index is -4.13. The van der Waals surface area contributed by atoms with Crippen LogP contribution in [0.2, 0.25) is 0 Å². The number of amides is 2. The van der Waals surface area contributed by atoms with E-state index >= 15 is 0 Å². The number of hydrogen-bond donors (Lipinski definition) is 1. The fourth-order valence-corrected chi connectivity index (χ4v) is 6.49. The molecule has 1 aliphatic carbocycles. The van der Waals surface area contributed by atoms with Gasteiger partial charge < -0.3 is 10.2 Å². The molecule has 1 fully saturated rings. The predicted molar refractivity (Wildman–Crippen MR) is 158 cm³/mol. The molecule has 0 aromatic heterocycles. The van der Waals surface area contributed by atoms with Gasteiger partial charge in [0.05, 0.1) is 10.6 Å². The first-order valence-corrected chi connectivity index (χ1v) is 15.5. The van der Waals surface area contributed by atoms with Gasteiger partial charge in [-0.3, -0.25) is 13.9 Å². The molecule has 0 radical (unpaired) electrons. The SMILES string of the molecule is Cc1ccc(S(=O)(=O)N(CC(=O)N(Cc2ccc(F)cc2)C(C)C(=O)NC2CCCCC2)c2cccc(C)c2)cc1. The Morgan fingerprint density at radius 1 is 0.927 bits per heavy atom. The van der Waals surface area contributed by atoms with E-state index < -0.39 is 34.3 Å². The number of aryl methyl sites for hydroxylation is 2. The highest BCUT2D eigenvalue weighted by Gasteiger charge is 2.33. The van der Waals surface area contributed by atoms with E-state index in [1.165, 1.54) is 29.2 Å². The summed E-state index contributed by atoms with van der Waals surface area (Å²) in [7, 11) is -4.13. The molecule has 1 saturated carbocycles. The molecule has 0 bridgehead atoms. The first-order chi connectivity index (χ1) is 19.5. The van der Waals surface area contributed by atoms with Crippen LogP contribution in [0.25, 0.3) is 0 Å². The summed E-state index contributed by atoms with van der Waals surface area (Å²) in [4.78, 5) is 28.8. The average molecular weight is 580 g/mol. The first-order valence-electron chi connectivity index (χ1n) is 14.0. The van der Waals surface area contributed by atoms with Crippen molar-refractivity contribution in [2.75, 3.05) is 10.8 Å². The number of halogens is 1. The van der Waals surface area contributed by atoms with Gasteiger partial charge in [0.25, 0.3) is 10.0 Å². The van der Waals surface area contributed by atoms with Crippen LogP contribution in [-0.4, -0.2) is 43.8 Å². The van der Waals surface area contributed by atoms with Gasteiger partial charge in [0.1, 0.15) is 18.4 Å². The zero-order valence-electron chi connectivity index (χ0n) is 23.8. The molecule has 0 saturated heterocycles. The van der Waals surface area contributed by atoms with Crippen LogP contribution < -0.4 is 9.62 Å². The molecule has 0 spiro atoms. The van der Waals surface area contributed by atoms with E-state index in [1.54, 1.807) is 49.4 Å². The Morgan fingerprint density at radius 3 is 2.22 bits per heavy atom. The van der Waals surface area contributed by atoms with Gasteiger partial charge in [-0.05, 0) is 81.1 Å². The van der Waals surface area contributed by atoms with Crippen molar-refractivity contribution >= 4 is 27.5 Å². The fraction of sp³-hybridized carbons (Fsp3) is 0.375. The number of benzene rings is 3. The molecule has 7 nitrogen and oxygen atoms in total. The summed E-state index contributed by atoms with van der Waals surface area (Å²) in [6.07, 6.45) is 5.00. The fourth-order valence-electron chi connectivity index (χ4n) is 5.09. The molecule has 3 aromatic carbocycles. The second-order valence-corrected chi connectivity index (χ2v) is 12.7. The summed E-state index contributed by atoms with van der Waals surface area (Å²) in [5, 5.41) is 3.08. The van der Waals surface area contributed by atoms with Crippen LogP contribution in [0.5, 0.6) is 0 Å². The Bertz CT molecular complexity index is 1450. The molecular weight excluding hydrogens is 541 g/mol. The Labute approximate surface area is 242 Å². The van der Waals surface area contributed by atoms with E-state index in [2.05, 4.69) is 5.32 Å². The maximum atomic E-state index is 14.0. The van der Waals surface area contributed by atoms with E-state index in [4.69, 9.17) is 0 Å². The molecule has 3 aromatic rings. The lowest BCUT2D eigenvalue weighted by molar-refractivity contribution is -0.139. The first kappa shape index (κ1) is 30.2. The van der Waals surface area contributed by atoms with Gasteiger partial charge >= 0.3 is 0 Å². The third-order valence-corrected chi connectivity index (χ3v) is 9.35. The van der Waals surface area contributed by atoms with Crippen LogP contribution in [0, 0.1) is 19.7 Å². The van der Waals surface area contributed by atoms with Crippen LogP contribution in [0.15, 0.2) is 77.7 Å². The van der Waals surface area contributed by atoms with Gasteiger partial charge in [0.15, 0.2) is 0 Å². The topological polar surface area (TPSA) is 86.8 Å². The molecule has 1 atom stereocenters. The molecule has 4 rings (SSSR count). The number of carbonyl (C=O) groups excluding carboxylic acids is 2. The molecule has 0 aliphatic heterocycles. The molecule has 218 valence electrons. The third-order valence-electron chi connectivity index (χ3n) is 7.56. The van der Waals surface area contributed by atoms with Gasteiger partial charge in [-0.15, -0.1) is 0 Å². The lowest BCUT2D eigenvalue weighted by Crippen LogP contribution is -2.53. The lowest BCUT2D eigenvalue weighted by atomic mass is 9.95. The molecule has 9 heteroatoms. The second-order valence-electron chi connectivity index (χ2n) is 10.8. The van der Waals surface area contributed by atoms with E-state index in [9.17, 15) is 22.4 Å². The third kappa shape index (κ3) is 7.73. The zero-order chi connectivity index (χ0) is 29.6. The number of nitrogens with one attached hydrogen (secondary N) is 1. The van der Waals surface area contributed by atoms with Crippen molar-refractivity contribution in [1.29, 1.82) is 0 Å². The summed E-state index contributed by atoms with van der Waals surface area (Å²) < 4.78 is 42.5. The number of rotatable bonds is 10. The highest BCUT2D eigenvalue weighted by molar-refractivity contribution is 7.92. The van der Waals surface area contributed by atoms with Crippen molar-refractivity contribution in [2.24, 2.45) is 0 Å². The Hall–Kier alpha value is -3.72. The summed E-state index contributed by atoms with van der Waals surface area (Å²) in [5.41, 5.74) is 2.72. The van der Waals surface area contributed by atoms with E-state index in [-0.39, 0.29) is 23.4 Å². The molecular formula is C32H38FN3O4S. The largest absolute Gasteiger partial charge is 0.352 e. The minimum Gasteiger partial charge on any atom is -0.352 e. The van der Waals surface area contributed by atoms with E-state index in [0.29, 0.717) is 11.3 Å². The van der Waals surface area contributed by atoms with Crippen LogP contribution in [0.4, 0.5) is 10.1 Å². The minimum absolute atomic E-state index is 0.0185. The Kier molecular flexibility index (Phi) is 9.81. The van der Waals surface area contributed by atoms with Gasteiger partial charge in [-0.25, -0.2) is 12.8 Å². The number of sulfonamides is 1. The van der Waals surface area contributed by atoms with Gasteiger partial charge in [-0.1, -0.05) is 61.2 Å². The highest BCUT2D eigenvalue weighted by atomic mass is 32.2. The molecule has 41 heavy (non-hydrogen) atoms. The lowest BCUT2D eigenvalue weighted by Gasteiger charge is -2.33. The maximum Gasteiger partial charge on any atom is 0.264 e. The van der Waals surface area contributed by atoms with Crippen LogP contribution in [-0.2, 0) is 26.2 Å². The number of nitrogens with zero attached hydrogens (tertiary/aromatic N) is 2.